The van der Waals surface area contributed by atoms with Gasteiger partial charge in [0.1, 0.15) is 11.1 Å². The van der Waals surface area contributed by atoms with Crippen molar-refractivity contribution < 1.29 is 19.1 Å². The zero-order valence-electron chi connectivity index (χ0n) is 19.7. The second-order valence-corrected chi connectivity index (χ2v) is 9.58. The van der Waals surface area contributed by atoms with Crippen LogP contribution in [0, 0.1) is 5.92 Å². The van der Waals surface area contributed by atoms with Crippen molar-refractivity contribution in [2.45, 2.75) is 18.9 Å². The molecule has 4 aromatic rings. The van der Waals surface area contributed by atoms with Gasteiger partial charge in [-0.25, -0.2) is 9.59 Å². The van der Waals surface area contributed by atoms with Gasteiger partial charge in [-0.3, -0.25) is 9.59 Å². The summed E-state index contributed by atoms with van der Waals surface area (Å²) in [4.78, 5) is 52.0. The maximum atomic E-state index is 13.2. The summed E-state index contributed by atoms with van der Waals surface area (Å²) in [5, 5.41) is 12.9. The van der Waals surface area contributed by atoms with Gasteiger partial charge in [0.25, 0.3) is 11.5 Å². The summed E-state index contributed by atoms with van der Waals surface area (Å²) in [6, 6.07) is 18.3. The average Bonchev–Trinajstić information content (AvgIpc) is 2.88. The van der Waals surface area contributed by atoms with Crippen molar-refractivity contribution in [1.82, 2.24) is 4.57 Å². The molecule has 0 unspecified atom stereocenters. The van der Waals surface area contributed by atoms with Crippen LogP contribution in [-0.2, 0) is 6.54 Å². The van der Waals surface area contributed by atoms with Crippen molar-refractivity contribution in [3.63, 3.8) is 0 Å². The van der Waals surface area contributed by atoms with Crippen LogP contribution >= 0.6 is 0 Å². The fourth-order valence-corrected chi connectivity index (χ4v) is 5.55. The molecule has 2 aliphatic heterocycles. The molecule has 9 heteroatoms. The number of hydrogen-bond donors (Lipinski definition) is 2. The number of carboxylic acids is 1. The van der Waals surface area contributed by atoms with Gasteiger partial charge in [0.2, 0.25) is 0 Å². The first kappa shape index (κ1) is 22.8. The molecule has 1 amide bonds. The number of nitrogens with one attached hydrogen (secondary N) is 1. The van der Waals surface area contributed by atoms with E-state index in [0.29, 0.717) is 42.0 Å². The summed E-state index contributed by atoms with van der Waals surface area (Å²) < 4.78 is 7.14. The Morgan fingerprint density at radius 3 is 2.62 bits per heavy atom. The number of anilines is 2. The molecule has 9 nitrogen and oxygen atoms in total. The van der Waals surface area contributed by atoms with Crippen molar-refractivity contribution in [2.24, 2.45) is 5.92 Å². The summed E-state index contributed by atoms with van der Waals surface area (Å²) in [6.07, 6.45) is 0.951. The monoisotopic (exact) mass is 497 g/mol. The van der Waals surface area contributed by atoms with Gasteiger partial charge in [0.15, 0.2) is 0 Å². The van der Waals surface area contributed by atoms with Gasteiger partial charge in [-0.05, 0) is 48.7 Å². The molecule has 6 rings (SSSR count). The minimum absolute atomic E-state index is 0.00590. The van der Waals surface area contributed by atoms with E-state index in [2.05, 4.69) is 10.2 Å². The zero-order chi connectivity index (χ0) is 25.7. The molecule has 2 N–H and O–H groups in total. The van der Waals surface area contributed by atoms with E-state index < -0.39 is 17.5 Å². The molecule has 2 bridgehead atoms. The Kier molecular flexibility index (Phi) is 5.40. The summed E-state index contributed by atoms with van der Waals surface area (Å²) in [5.41, 5.74) is 1.36. The molecule has 4 heterocycles. The molecule has 2 atom stereocenters. The molecule has 37 heavy (non-hydrogen) atoms. The van der Waals surface area contributed by atoms with Crippen LogP contribution in [-0.4, -0.2) is 34.6 Å². The Morgan fingerprint density at radius 2 is 1.78 bits per heavy atom. The molecule has 0 radical (unpaired) electrons. The van der Waals surface area contributed by atoms with Crippen LogP contribution in [0.3, 0.4) is 0 Å². The number of benzene rings is 2. The number of aromatic carboxylic acids is 1. The number of hydrogen-bond acceptors (Lipinski definition) is 6. The molecule has 0 saturated carbocycles. The SMILES string of the molecule is O=C(O)c1ccc(N2C[C@H]3C[C@@H](C2)c2cccc(=O)n2C3)c(NC(=O)c2cc3ccccc3oc2=O)c1. The van der Waals surface area contributed by atoms with E-state index in [-0.39, 0.29) is 28.5 Å². The van der Waals surface area contributed by atoms with Crippen molar-refractivity contribution >= 4 is 34.2 Å². The minimum atomic E-state index is -1.13. The number of amides is 1. The van der Waals surface area contributed by atoms with E-state index in [4.69, 9.17) is 4.42 Å². The first-order chi connectivity index (χ1) is 17.9. The lowest BCUT2D eigenvalue weighted by atomic mass is 9.83. The summed E-state index contributed by atoms with van der Waals surface area (Å²) in [5.74, 6) is -1.47. The standard InChI is InChI=1S/C28H23N3O6/c32-25-7-3-5-22-19-10-16(14-31(22)25)13-30(15-19)23-9-8-18(27(34)35)12-21(23)29-26(33)20-11-17-4-1-2-6-24(17)37-28(20)36/h1-9,11-12,16,19H,10,13-15H2,(H,29,33)(H,34,35)/t16-,19+/m1/s1. The number of piperidine rings is 1. The summed E-state index contributed by atoms with van der Waals surface area (Å²) >= 11 is 0. The van der Waals surface area contributed by atoms with E-state index in [1.54, 1.807) is 42.5 Å². The average molecular weight is 498 g/mol. The number of aromatic nitrogens is 1. The number of carbonyl (C=O) groups excluding carboxylic acids is 1. The van der Waals surface area contributed by atoms with Crippen molar-refractivity contribution in [1.29, 1.82) is 0 Å². The lowest BCUT2D eigenvalue weighted by Gasteiger charge is -2.44. The maximum absolute atomic E-state index is 13.2. The molecular weight excluding hydrogens is 474 g/mol. The smallest absolute Gasteiger partial charge is 0.349 e. The molecule has 2 aliphatic rings. The Morgan fingerprint density at radius 1 is 0.946 bits per heavy atom. The van der Waals surface area contributed by atoms with Crippen LogP contribution in [0.25, 0.3) is 11.0 Å². The van der Waals surface area contributed by atoms with Gasteiger partial charge in [-0.2, -0.15) is 0 Å². The number of fused-ring (bicyclic) bond motifs is 5. The third kappa shape index (κ3) is 4.08. The molecule has 0 spiro atoms. The topological polar surface area (TPSA) is 122 Å². The van der Waals surface area contributed by atoms with Gasteiger partial charge in [0.05, 0.1) is 16.9 Å². The Labute approximate surface area is 210 Å². The third-order valence-electron chi connectivity index (χ3n) is 7.20. The predicted octanol–water partition coefficient (Wildman–Crippen LogP) is 3.53. The number of nitrogens with zero attached hydrogens (tertiary/aromatic N) is 2. The lowest BCUT2D eigenvalue weighted by Crippen LogP contribution is -2.47. The fourth-order valence-electron chi connectivity index (χ4n) is 5.55. The first-order valence-corrected chi connectivity index (χ1v) is 12.0. The van der Waals surface area contributed by atoms with Gasteiger partial charge in [-0.15, -0.1) is 0 Å². The van der Waals surface area contributed by atoms with Crippen molar-refractivity contribution in [3.05, 3.63) is 104 Å². The number of para-hydroxylation sites is 1. The van der Waals surface area contributed by atoms with E-state index in [9.17, 15) is 24.3 Å². The van der Waals surface area contributed by atoms with Gasteiger partial charge in [-0.1, -0.05) is 24.3 Å². The molecule has 2 aromatic heterocycles. The number of rotatable bonds is 4. The fraction of sp³-hybridized carbons (Fsp3) is 0.214. The maximum Gasteiger partial charge on any atom is 0.349 e. The molecule has 1 fully saturated rings. The highest BCUT2D eigenvalue weighted by Gasteiger charge is 2.35. The van der Waals surface area contributed by atoms with Crippen molar-refractivity contribution in [3.8, 4) is 0 Å². The highest BCUT2D eigenvalue weighted by atomic mass is 16.4. The normalized spacial score (nSPS) is 18.3. The van der Waals surface area contributed by atoms with Gasteiger partial charge < -0.3 is 24.3 Å². The number of pyridine rings is 1. The van der Waals surface area contributed by atoms with E-state index in [1.807, 2.05) is 10.6 Å². The van der Waals surface area contributed by atoms with E-state index in [0.717, 1.165) is 12.1 Å². The van der Waals surface area contributed by atoms with E-state index in [1.165, 1.54) is 18.2 Å². The second kappa shape index (κ2) is 8.77. The summed E-state index contributed by atoms with van der Waals surface area (Å²) in [6.45, 7) is 1.85. The van der Waals surface area contributed by atoms with E-state index >= 15 is 0 Å². The quantitative estimate of drug-likeness (QED) is 0.414. The van der Waals surface area contributed by atoms with Crippen molar-refractivity contribution in [2.75, 3.05) is 23.3 Å². The Hall–Kier alpha value is -4.66. The van der Waals surface area contributed by atoms with Gasteiger partial charge >= 0.3 is 11.6 Å². The first-order valence-electron chi connectivity index (χ1n) is 12.0. The number of carboxylic acid groups (broad SMARTS) is 1. The molecule has 186 valence electrons. The third-order valence-corrected chi connectivity index (χ3v) is 7.20. The molecular formula is C28H23N3O6. The molecule has 2 aromatic carbocycles. The predicted molar refractivity (Wildman–Crippen MR) is 138 cm³/mol. The highest BCUT2D eigenvalue weighted by molar-refractivity contribution is 6.07. The highest BCUT2D eigenvalue weighted by Crippen LogP contribution is 2.39. The Balaban J connectivity index is 1.36. The van der Waals surface area contributed by atoms with Gasteiger partial charge in [0, 0.05) is 42.7 Å². The largest absolute Gasteiger partial charge is 0.478 e. The van der Waals surface area contributed by atoms with Crippen LogP contribution in [0.15, 0.2) is 80.7 Å². The second-order valence-electron chi connectivity index (χ2n) is 9.58. The molecule has 0 aliphatic carbocycles. The van der Waals surface area contributed by atoms with Crippen LogP contribution in [0.2, 0.25) is 0 Å². The number of carbonyl (C=O) groups is 2. The zero-order valence-corrected chi connectivity index (χ0v) is 19.7. The van der Waals surface area contributed by atoms with Crippen LogP contribution < -0.4 is 21.4 Å². The Bertz CT molecular complexity index is 1690. The lowest BCUT2D eigenvalue weighted by molar-refractivity contribution is 0.0696. The summed E-state index contributed by atoms with van der Waals surface area (Å²) in [7, 11) is 0. The van der Waals surface area contributed by atoms with Crippen LogP contribution in [0.5, 0.6) is 0 Å². The van der Waals surface area contributed by atoms with Crippen LogP contribution in [0.4, 0.5) is 11.4 Å². The van der Waals surface area contributed by atoms with Crippen LogP contribution in [0.1, 0.15) is 38.7 Å². The minimum Gasteiger partial charge on any atom is -0.478 e. The molecule has 1 saturated heterocycles.